The normalized spacial score (nSPS) is 13.3. The van der Waals surface area contributed by atoms with Crippen molar-refractivity contribution in [2.45, 2.75) is 19.9 Å². The minimum Gasteiger partial charge on any atom is -0.339 e. The van der Waals surface area contributed by atoms with E-state index in [9.17, 15) is 0 Å². The van der Waals surface area contributed by atoms with Gasteiger partial charge in [-0.05, 0) is 42.7 Å². The lowest BCUT2D eigenvalue weighted by Crippen LogP contribution is -2.12. The van der Waals surface area contributed by atoms with Crippen LogP contribution in [-0.2, 0) is 13.0 Å². The number of nitrogens with zero attached hydrogens (tertiary/aromatic N) is 2. The third-order valence-electron chi connectivity index (χ3n) is 4.86. The summed E-state index contributed by atoms with van der Waals surface area (Å²) < 4.78 is 2.44. The average molecular weight is 284 g/mol. The van der Waals surface area contributed by atoms with E-state index < -0.39 is 0 Å². The Bertz CT molecular complexity index is 1040. The number of benzene rings is 2. The molecule has 0 saturated carbocycles. The van der Waals surface area contributed by atoms with Gasteiger partial charge in [0.05, 0.1) is 16.9 Å². The molecule has 2 nitrogen and oxygen atoms in total. The first-order valence-corrected chi connectivity index (χ1v) is 7.80. The first-order chi connectivity index (χ1) is 10.8. The number of fused-ring (bicyclic) bond motifs is 6. The van der Waals surface area contributed by atoms with E-state index >= 15 is 0 Å². The Balaban J connectivity index is 1.91. The van der Waals surface area contributed by atoms with E-state index in [0.717, 1.165) is 18.5 Å². The van der Waals surface area contributed by atoms with E-state index in [-0.39, 0.29) is 0 Å². The van der Waals surface area contributed by atoms with Crippen LogP contribution < -0.4 is 0 Å². The maximum atomic E-state index is 4.99. The molecule has 0 atom stereocenters. The van der Waals surface area contributed by atoms with Crippen LogP contribution in [0.4, 0.5) is 0 Å². The fraction of sp³-hybridized carbons (Fsp3) is 0.150. The van der Waals surface area contributed by atoms with Gasteiger partial charge in [0.15, 0.2) is 0 Å². The van der Waals surface area contributed by atoms with Crippen LogP contribution in [0.3, 0.4) is 0 Å². The van der Waals surface area contributed by atoms with Gasteiger partial charge in [-0.15, -0.1) is 0 Å². The molecule has 0 aliphatic carbocycles. The van der Waals surface area contributed by atoms with Gasteiger partial charge in [0, 0.05) is 22.8 Å². The molecular formula is C20H16N2. The van der Waals surface area contributed by atoms with Gasteiger partial charge in [0.25, 0.3) is 0 Å². The van der Waals surface area contributed by atoms with E-state index in [1.165, 1.54) is 38.8 Å². The van der Waals surface area contributed by atoms with Crippen molar-refractivity contribution >= 4 is 21.8 Å². The van der Waals surface area contributed by atoms with Gasteiger partial charge in [0.2, 0.25) is 0 Å². The highest BCUT2D eigenvalue weighted by molar-refractivity contribution is 5.93. The molecule has 2 aromatic carbocycles. The highest BCUT2D eigenvalue weighted by Crippen LogP contribution is 2.38. The first-order valence-electron chi connectivity index (χ1n) is 7.80. The van der Waals surface area contributed by atoms with E-state index in [4.69, 9.17) is 4.98 Å². The number of hydrogen-bond acceptors (Lipinski definition) is 1. The Morgan fingerprint density at radius 3 is 2.77 bits per heavy atom. The molecule has 2 heteroatoms. The van der Waals surface area contributed by atoms with Crippen molar-refractivity contribution in [1.82, 2.24) is 9.55 Å². The summed E-state index contributed by atoms with van der Waals surface area (Å²) in [6.45, 7) is 3.26. The zero-order chi connectivity index (χ0) is 14.7. The largest absolute Gasteiger partial charge is 0.339 e. The van der Waals surface area contributed by atoms with Crippen molar-refractivity contribution in [3.63, 3.8) is 0 Å². The van der Waals surface area contributed by atoms with Crippen molar-refractivity contribution in [1.29, 1.82) is 0 Å². The summed E-state index contributed by atoms with van der Waals surface area (Å²) in [5.41, 5.74) is 7.60. The number of pyridine rings is 1. The molecule has 0 N–H and O–H groups in total. The molecule has 0 fully saturated rings. The molecule has 5 rings (SSSR count). The summed E-state index contributed by atoms with van der Waals surface area (Å²) in [6.07, 6.45) is 1.05. The lowest BCUT2D eigenvalue weighted by atomic mass is 9.99. The van der Waals surface area contributed by atoms with Gasteiger partial charge < -0.3 is 4.57 Å². The fourth-order valence-electron chi connectivity index (χ4n) is 3.80. The average Bonchev–Trinajstić information content (AvgIpc) is 2.87. The molecule has 0 bridgehead atoms. The molecule has 22 heavy (non-hydrogen) atoms. The van der Waals surface area contributed by atoms with Crippen LogP contribution in [0, 0.1) is 6.92 Å². The van der Waals surface area contributed by atoms with Crippen LogP contribution in [0.2, 0.25) is 0 Å². The topological polar surface area (TPSA) is 17.8 Å². The van der Waals surface area contributed by atoms with Crippen molar-refractivity contribution in [3.8, 4) is 11.4 Å². The van der Waals surface area contributed by atoms with Gasteiger partial charge in [-0.3, -0.25) is 0 Å². The lowest BCUT2D eigenvalue weighted by molar-refractivity contribution is 0.704. The molecule has 4 aromatic rings. The third kappa shape index (κ3) is 1.47. The number of aromatic nitrogens is 2. The second-order valence-electron chi connectivity index (χ2n) is 6.08. The molecule has 106 valence electrons. The number of rotatable bonds is 0. The van der Waals surface area contributed by atoms with E-state index in [2.05, 4.69) is 66.1 Å². The Morgan fingerprint density at radius 1 is 1.00 bits per heavy atom. The van der Waals surface area contributed by atoms with E-state index in [0.29, 0.717) is 0 Å². The molecule has 0 saturated heterocycles. The van der Waals surface area contributed by atoms with Gasteiger partial charge in [-0.2, -0.15) is 0 Å². The second-order valence-corrected chi connectivity index (χ2v) is 6.08. The monoisotopic (exact) mass is 284 g/mol. The van der Waals surface area contributed by atoms with Crippen LogP contribution in [0.15, 0.2) is 54.6 Å². The maximum Gasteiger partial charge on any atom is 0.0909 e. The zero-order valence-corrected chi connectivity index (χ0v) is 12.5. The van der Waals surface area contributed by atoms with Crippen molar-refractivity contribution < 1.29 is 0 Å². The summed E-state index contributed by atoms with van der Waals surface area (Å²) in [5, 5.41) is 2.59. The minimum atomic E-state index is 1.04. The smallest absolute Gasteiger partial charge is 0.0909 e. The van der Waals surface area contributed by atoms with Crippen LogP contribution in [-0.4, -0.2) is 9.55 Å². The summed E-state index contributed by atoms with van der Waals surface area (Å²) in [6, 6.07) is 19.4. The summed E-state index contributed by atoms with van der Waals surface area (Å²) >= 11 is 0. The predicted molar refractivity (Wildman–Crippen MR) is 91.1 cm³/mol. The van der Waals surface area contributed by atoms with Crippen LogP contribution in [0.25, 0.3) is 33.2 Å². The highest BCUT2D eigenvalue weighted by Gasteiger charge is 2.23. The molecule has 0 unspecified atom stereocenters. The molecule has 1 aliphatic heterocycles. The third-order valence-corrected chi connectivity index (χ3v) is 4.86. The number of hydrogen-bond donors (Lipinski definition) is 0. The first kappa shape index (κ1) is 12.0. The minimum absolute atomic E-state index is 1.04. The molecule has 0 amide bonds. The van der Waals surface area contributed by atoms with Gasteiger partial charge in [-0.1, -0.05) is 36.4 Å². The molecule has 3 heterocycles. The Kier molecular flexibility index (Phi) is 2.29. The predicted octanol–water partition coefficient (Wildman–Crippen LogP) is 4.72. The standard InChI is InChI=1S/C20H16N2/c1-13-16-7-3-5-9-18(16)22-11-10-15-12-14-6-2-4-8-17(14)21-19(15)20(13)22/h2-9,12H,10-11H2,1H3. The van der Waals surface area contributed by atoms with Crippen molar-refractivity contribution in [2.24, 2.45) is 0 Å². The van der Waals surface area contributed by atoms with Gasteiger partial charge in [0.1, 0.15) is 0 Å². The number of aryl methyl sites for hydroxylation is 3. The van der Waals surface area contributed by atoms with Crippen molar-refractivity contribution in [3.05, 3.63) is 65.7 Å². The molecule has 0 radical (unpaired) electrons. The quantitative estimate of drug-likeness (QED) is 0.457. The SMILES string of the molecule is Cc1c2n(c3ccccc13)CCc1cc3ccccc3nc1-2. The second kappa shape index (κ2) is 4.20. The summed E-state index contributed by atoms with van der Waals surface area (Å²) in [7, 11) is 0. The lowest BCUT2D eigenvalue weighted by Gasteiger charge is -2.20. The Labute approximate surface area is 129 Å². The maximum absolute atomic E-state index is 4.99. The van der Waals surface area contributed by atoms with Gasteiger partial charge in [-0.25, -0.2) is 4.98 Å². The van der Waals surface area contributed by atoms with E-state index in [1.807, 2.05) is 0 Å². The molecular weight excluding hydrogens is 268 g/mol. The highest BCUT2D eigenvalue weighted by atomic mass is 15.0. The number of para-hydroxylation sites is 2. The molecule has 1 aliphatic rings. The van der Waals surface area contributed by atoms with Crippen molar-refractivity contribution in [2.75, 3.05) is 0 Å². The fourth-order valence-corrected chi connectivity index (χ4v) is 3.80. The zero-order valence-electron chi connectivity index (χ0n) is 12.5. The summed E-state index contributed by atoms with van der Waals surface area (Å²) in [5.74, 6) is 0. The summed E-state index contributed by atoms with van der Waals surface area (Å²) in [4.78, 5) is 4.99. The molecule has 0 spiro atoms. The van der Waals surface area contributed by atoms with Crippen LogP contribution in [0.1, 0.15) is 11.1 Å². The van der Waals surface area contributed by atoms with Crippen LogP contribution in [0.5, 0.6) is 0 Å². The van der Waals surface area contributed by atoms with Gasteiger partial charge >= 0.3 is 0 Å². The Morgan fingerprint density at radius 2 is 1.82 bits per heavy atom. The van der Waals surface area contributed by atoms with Crippen LogP contribution >= 0.6 is 0 Å². The Hall–Kier alpha value is -2.61. The molecule has 2 aromatic heterocycles. The van der Waals surface area contributed by atoms with E-state index in [1.54, 1.807) is 0 Å².